The summed E-state index contributed by atoms with van der Waals surface area (Å²) in [6.45, 7) is 4.88. The van der Waals surface area contributed by atoms with Gasteiger partial charge in [-0.15, -0.1) is 0 Å². The zero-order valence-corrected chi connectivity index (χ0v) is 19.7. The van der Waals surface area contributed by atoms with E-state index in [1.54, 1.807) is 4.90 Å². The number of rotatable bonds is 7. The van der Waals surface area contributed by atoms with Crippen molar-refractivity contribution >= 4 is 18.0 Å². The maximum absolute atomic E-state index is 12.8. The first kappa shape index (κ1) is 23.8. The number of amides is 2. The predicted octanol–water partition coefficient (Wildman–Crippen LogP) is 4.26. The Balaban J connectivity index is 1.36. The lowest BCUT2D eigenvalue weighted by molar-refractivity contribution is -0.145. The van der Waals surface area contributed by atoms with Crippen LogP contribution < -0.4 is 5.32 Å². The van der Waals surface area contributed by atoms with Crippen LogP contribution in [0.3, 0.4) is 0 Å². The van der Waals surface area contributed by atoms with Gasteiger partial charge in [0.05, 0.1) is 5.92 Å². The summed E-state index contributed by atoms with van der Waals surface area (Å²) in [5, 5.41) is 12.2. The van der Waals surface area contributed by atoms with E-state index in [-0.39, 0.29) is 37.3 Å². The van der Waals surface area contributed by atoms with Gasteiger partial charge in [0.2, 0.25) is 5.91 Å². The summed E-state index contributed by atoms with van der Waals surface area (Å²) < 4.78 is 5.64. The van der Waals surface area contributed by atoms with E-state index in [1.807, 2.05) is 38.1 Å². The Morgan fingerprint density at radius 1 is 1.06 bits per heavy atom. The molecule has 1 heterocycles. The molecule has 4 rings (SSSR count). The third-order valence-electron chi connectivity index (χ3n) is 6.97. The number of carbonyl (C=O) groups excluding carboxylic acids is 2. The number of likely N-dealkylation sites (tertiary alicyclic amines) is 1. The van der Waals surface area contributed by atoms with E-state index < -0.39 is 24.0 Å². The molecule has 180 valence electrons. The number of ether oxygens (including phenoxy) is 1. The van der Waals surface area contributed by atoms with Crippen LogP contribution in [0.4, 0.5) is 4.79 Å². The molecule has 2 amide bonds. The fourth-order valence-electron chi connectivity index (χ4n) is 4.97. The summed E-state index contributed by atoms with van der Waals surface area (Å²) in [5.74, 6) is -1.54. The van der Waals surface area contributed by atoms with Gasteiger partial charge in [-0.1, -0.05) is 62.4 Å². The van der Waals surface area contributed by atoms with E-state index in [4.69, 9.17) is 4.74 Å². The number of fused-ring (bicyclic) bond motifs is 3. The zero-order valence-electron chi connectivity index (χ0n) is 19.7. The summed E-state index contributed by atoms with van der Waals surface area (Å²) in [6.07, 6.45) is 0.837. The minimum absolute atomic E-state index is 0.0180. The van der Waals surface area contributed by atoms with Crippen molar-refractivity contribution in [1.82, 2.24) is 10.2 Å². The van der Waals surface area contributed by atoms with Crippen molar-refractivity contribution in [1.29, 1.82) is 0 Å². The highest BCUT2D eigenvalue weighted by molar-refractivity contribution is 5.80. The Morgan fingerprint density at radius 2 is 1.68 bits per heavy atom. The molecular weight excluding hydrogens is 432 g/mol. The number of hydrogen-bond acceptors (Lipinski definition) is 4. The van der Waals surface area contributed by atoms with Crippen molar-refractivity contribution in [2.75, 3.05) is 19.7 Å². The first-order valence-corrected chi connectivity index (χ1v) is 12.0. The minimum Gasteiger partial charge on any atom is -0.481 e. The molecule has 0 bridgehead atoms. The number of aliphatic carboxylic acids is 1. The van der Waals surface area contributed by atoms with Gasteiger partial charge in [-0.3, -0.25) is 9.59 Å². The first-order chi connectivity index (χ1) is 16.3. The Labute approximate surface area is 200 Å². The molecule has 0 spiro atoms. The second-order valence-corrected chi connectivity index (χ2v) is 9.54. The van der Waals surface area contributed by atoms with E-state index in [0.717, 1.165) is 11.1 Å². The molecular formula is C27H32N2O5. The fraction of sp³-hybridized carbons (Fsp3) is 0.444. The molecule has 1 aliphatic heterocycles. The molecule has 7 nitrogen and oxygen atoms in total. The molecule has 1 saturated heterocycles. The van der Waals surface area contributed by atoms with E-state index in [1.165, 1.54) is 11.1 Å². The number of hydrogen-bond donors (Lipinski definition) is 2. The number of carboxylic acid groups (broad SMARTS) is 1. The van der Waals surface area contributed by atoms with Crippen LogP contribution in [0, 0.1) is 11.8 Å². The van der Waals surface area contributed by atoms with Gasteiger partial charge in [0.25, 0.3) is 0 Å². The Kier molecular flexibility index (Phi) is 7.20. The van der Waals surface area contributed by atoms with Gasteiger partial charge in [-0.25, -0.2) is 4.79 Å². The molecule has 2 N–H and O–H groups in total. The fourth-order valence-corrected chi connectivity index (χ4v) is 4.97. The summed E-state index contributed by atoms with van der Waals surface area (Å²) in [5.41, 5.74) is 4.62. The van der Waals surface area contributed by atoms with Crippen molar-refractivity contribution in [3.8, 4) is 11.1 Å². The maximum Gasteiger partial charge on any atom is 0.407 e. The molecule has 2 aromatic rings. The van der Waals surface area contributed by atoms with Crippen molar-refractivity contribution < 1.29 is 24.2 Å². The number of nitrogens with one attached hydrogen (secondary N) is 1. The van der Waals surface area contributed by atoms with Crippen molar-refractivity contribution in [3.05, 3.63) is 59.7 Å². The molecule has 7 heteroatoms. The number of carbonyl (C=O) groups is 3. The largest absolute Gasteiger partial charge is 0.481 e. The molecule has 1 fully saturated rings. The Morgan fingerprint density at radius 3 is 2.26 bits per heavy atom. The lowest BCUT2D eigenvalue weighted by Crippen LogP contribution is -2.47. The second kappa shape index (κ2) is 10.3. The summed E-state index contributed by atoms with van der Waals surface area (Å²) in [6, 6.07) is 15.9. The van der Waals surface area contributed by atoms with Crippen LogP contribution in [0.2, 0.25) is 0 Å². The number of alkyl carbamates (subject to hydrolysis) is 1. The molecule has 2 aliphatic rings. The van der Waals surface area contributed by atoms with Crippen LogP contribution in [-0.4, -0.2) is 53.7 Å². The lowest BCUT2D eigenvalue weighted by Gasteiger charge is -2.32. The second-order valence-electron chi connectivity index (χ2n) is 9.54. The average Bonchev–Trinajstić information content (AvgIpc) is 3.16. The molecule has 0 aromatic heterocycles. The van der Waals surface area contributed by atoms with Crippen molar-refractivity contribution in [3.63, 3.8) is 0 Å². The van der Waals surface area contributed by atoms with Crippen LogP contribution in [0.5, 0.6) is 0 Å². The first-order valence-electron chi connectivity index (χ1n) is 12.0. The molecule has 34 heavy (non-hydrogen) atoms. The van der Waals surface area contributed by atoms with Gasteiger partial charge in [0, 0.05) is 31.5 Å². The highest BCUT2D eigenvalue weighted by Crippen LogP contribution is 2.44. The van der Waals surface area contributed by atoms with E-state index >= 15 is 0 Å². The molecule has 2 aromatic carbocycles. The SMILES string of the molecule is CC(C)[C@@H](CC(=O)N1CCC[C@@H](C(=O)O)C1)NC(=O)OCC1c2ccccc2-c2ccccc21. The monoisotopic (exact) mass is 464 g/mol. The number of benzene rings is 2. The van der Waals surface area contributed by atoms with E-state index in [2.05, 4.69) is 29.6 Å². The normalized spacial score (nSPS) is 18.2. The van der Waals surface area contributed by atoms with Gasteiger partial charge in [-0.2, -0.15) is 0 Å². The summed E-state index contributed by atoms with van der Waals surface area (Å²) in [7, 11) is 0. The van der Waals surface area contributed by atoms with Gasteiger partial charge >= 0.3 is 12.1 Å². The highest BCUT2D eigenvalue weighted by atomic mass is 16.5. The highest BCUT2D eigenvalue weighted by Gasteiger charge is 2.32. The van der Waals surface area contributed by atoms with Gasteiger partial charge in [0.1, 0.15) is 6.61 Å². The molecule has 0 radical (unpaired) electrons. The topological polar surface area (TPSA) is 95.9 Å². The standard InChI is InChI=1S/C27H32N2O5/c1-17(2)24(14-25(30)29-13-7-8-18(15-29)26(31)32)28-27(33)34-16-23-21-11-5-3-9-19(21)20-10-4-6-12-22(20)23/h3-6,9-12,17-18,23-24H,7-8,13-16H2,1-2H3,(H,28,33)(H,31,32)/t18-,24-/m1/s1. The minimum atomic E-state index is -0.866. The third-order valence-corrected chi connectivity index (χ3v) is 6.97. The smallest absolute Gasteiger partial charge is 0.407 e. The summed E-state index contributed by atoms with van der Waals surface area (Å²) >= 11 is 0. The van der Waals surface area contributed by atoms with E-state index in [9.17, 15) is 19.5 Å². The summed E-state index contributed by atoms with van der Waals surface area (Å²) in [4.78, 5) is 38.5. The number of piperidine rings is 1. The van der Waals surface area contributed by atoms with Crippen LogP contribution in [-0.2, 0) is 14.3 Å². The molecule has 0 saturated carbocycles. The van der Waals surface area contributed by atoms with Crippen molar-refractivity contribution in [2.45, 2.75) is 45.1 Å². The van der Waals surface area contributed by atoms with Crippen LogP contribution >= 0.6 is 0 Å². The van der Waals surface area contributed by atoms with Crippen molar-refractivity contribution in [2.24, 2.45) is 11.8 Å². The number of nitrogens with zero attached hydrogens (tertiary/aromatic N) is 1. The molecule has 1 aliphatic carbocycles. The zero-order chi connectivity index (χ0) is 24.2. The van der Waals surface area contributed by atoms with Crippen LogP contribution in [0.15, 0.2) is 48.5 Å². The Hall–Kier alpha value is -3.35. The van der Waals surface area contributed by atoms with Crippen LogP contribution in [0.25, 0.3) is 11.1 Å². The molecule has 0 unspecified atom stereocenters. The maximum atomic E-state index is 12.8. The quantitative estimate of drug-likeness (QED) is 0.638. The van der Waals surface area contributed by atoms with E-state index in [0.29, 0.717) is 19.4 Å². The van der Waals surface area contributed by atoms with Crippen LogP contribution in [0.1, 0.15) is 50.2 Å². The number of carboxylic acids is 1. The predicted molar refractivity (Wildman–Crippen MR) is 128 cm³/mol. The lowest BCUT2D eigenvalue weighted by atomic mass is 9.96. The molecule has 2 atom stereocenters. The van der Waals surface area contributed by atoms with Gasteiger partial charge in [0.15, 0.2) is 0 Å². The average molecular weight is 465 g/mol. The Bertz CT molecular complexity index is 1020. The van der Waals surface area contributed by atoms with Gasteiger partial charge in [-0.05, 0) is 41.0 Å². The van der Waals surface area contributed by atoms with Gasteiger partial charge < -0.3 is 20.1 Å². The third kappa shape index (κ3) is 5.08.